The van der Waals surface area contributed by atoms with Crippen LogP contribution in [0.2, 0.25) is 0 Å². The van der Waals surface area contributed by atoms with Crippen LogP contribution in [0.5, 0.6) is 0 Å². The van der Waals surface area contributed by atoms with Crippen LogP contribution in [-0.2, 0) is 20.7 Å². The molecule has 0 fully saturated rings. The van der Waals surface area contributed by atoms with Gasteiger partial charge < -0.3 is 14.6 Å². The molecule has 0 bridgehead atoms. The van der Waals surface area contributed by atoms with Crippen LogP contribution in [0.4, 0.5) is 5.69 Å². The third-order valence-corrected chi connectivity index (χ3v) is 3.73. The van der Waals surface area contributed by atoms with Crippen molar-refractivity contribution < 1.29 is 18.8 Å². The van der Waals surface area contributed by atoms with Crippen LogP contribution >= 0.6 is 0 Å². The van der Waals surface area contributed by atoms with E-state index in [-0.39, 0.29) is 12.3 Å². The second-order valence-electron chi connectivity index (χ2n) is 5.79. The fourth-order valence-electron chi connectivity index (χ4n) is 2.46. The van der Waals surface area contributed by atoms with Crippen molar-refractivity contribution in [3.8, 4) is 0 Å². The predicted molar refractivity (Wildman–Crippen MR) is 93.1 cm³/mol. The van der Waals surface area contributed by atoms with Crippen LogP contribution in [0.3, 0.4) is 0 Å². The number of nitrogens with zero attached hydrogens (tertiary/aromatic N) is 1. The maximum absolute atomic E-state index is 12.2. The van der Waals surface area contributed by atoms with Crippen LogP contribution in [0.15, 0.2) is 53.1 Å². The van der Waals surface area contributed by atoms with E-state index in [0.717, 1.165) is 10.9 Å². The van der Waals surface area contributed by atoms with Gasteiger partial charge in [-0.1, -0.05) is 29.4 Å². The molecule has 3 aromatic rings. The van der Waals surface area contributed by atoms with E-state index in [1.807, 2.05) is 43.3 Å². The van der Waals surface area contributed by atoms with Crippen LogP contribution in [0, 0.1) is 6.92 Å². The predicted octanol–water partition coefficient (Wildman–Crippen LogP) is 3.25. The smallest absolute Gasteiger partial charge is 0.312 e. The second kappa shape index (κ2) is 7.17. The molecule has 0 aliphatic rings. The van der Waals surface area contributed by atoms with E-state index in [4.69, 9.17) is 9.26 Å². The van der Waals surface area contributed by atoms with Gasteiger partial charge in [-0.25, -0.2) is 0 Å². The minimum absolute atomic E-state index is 0.0565. The Morgan fingerprint density at radius 2 is 2.00 bits per heavy atom. The van der Waals surface area contributed by atoms with Gasteiger partial charge in [-0.2, -0.15) is 0 Å². The zero-order valence-corrected chi connectivity index (χ0v) is 14.0. The third kappa shape index (κ3) is 4.03. The first-order valence-corrected chi connectivity index (χ1v) is 7.93. The SMILES string of the molecule is Cc1cccc(NC(=O)[C@H](C)OC(=O)Cc2noc3ccccc23)c1. The highest BCUT2D eigenvalue weighted by Crippen LogP contribution is 2.18. The molecule has 0 saturated heterocycles. The van der Waals surface area contributed by atoms with Crippen molar-refractivity contribution in [2.24, 2.45) is 0 Å². The maximum Gasteiger partial charge on any atom is 0.312 e. The average molecular weight is 338 g/mol. The minimum Gasteiger partial charge on any atom is -0.452 e. The fraction of sp³-hybridized carbons (Fsp3) is 0.211. The van der Waals surface area contributed by atoms with Crippen molar-refractivity contribution in [1.82, 2.24) is 5.16 Å². The topological polar surface area (TPSA) is 81.4 Å². The number of anilines is 1. The molecule has 1 N–H and O–H groups in total. The molecule has 0 radical (unpaired) electrons. The number of nitrogens with one attached hydrogen (secondary N) is 1. The van der Waals surface area contributed by atoms with E-state index < -0.39 is 12.1 Å². The van der Waals surface area contributed by atoms with E-state index in [9.17, 15) is 9.59 Å². The summed E-state index contributed by atoms with van der Waals surface area (Å²) < 4.78 is 10.4. The van der Waals surface area contributed by atoms with Crippen LogP contribution in [-0.4, -0.2) is 23.1 Å². The Bertz CT molecular complexity index is 916. The molecular formula is C19H18N2O4. The number of rotatable bonds is 5. The summed E-state index contributed by atoms with van der Waals surface area (Å²) in [7, 11) is 0. The monoisotopic (exact) mass is 338 g/mol. The van der Waals surface area contributed by atoms with E-state index >= 15 is 0 Å². The zero-order valence-electron chi connectivity index (χ0n) is 14.0. The second-order valence-corrected chi connectivity index (χ2v) is 5.79. The van der Waals surface area contributed by atoms with Crippen molar-refractivity contribution in [3.05, 3.63) is 59.8 Å². The van der Waals surface area contributed by atoms with Gasteiger partial charge in [-0.3, -0.25) is 9.59 Å². The lowest BCUT2D eigenvalue weighted by atomic mass is 10.2. The Labute approximate surface area is 144 Å². The maximum atomic E-state index is 12.2. The largest absolute Gasteiger partial charge is 0.452 e. The lowest BCUT2D eigenvalue weighted by Crippen LogP contribution is -2.30. The number of carbonyl (C=O) groups is 2. The summed E-state index contributed by atoms with van der Waals surface area (Å²) in [6, 6.07) is 14.7. The highest BCUT2D eigenvalue weighted by molar-refractivity contribution is 5.95. The van der Waals surface area contributed by atoms with Crippen molar-refractivity contribution in [2.45, 2.75) is 26.4 Å². The molecule has 0 saturated carbocycles. The summed E-state index contributed by atoms with van der Waals surface area (Å²) in [6.45, 7) is 3.46. The molecule has 128 valence electrons. The molecular weight excluding hydrogens is 320 g/mol. The highest BCUT2D eigenvalue weighted by Gasteiger charge is 2.20. The van der Waals surface area contributed by atoms with Crippen molar-refractivity contribution >= 4 is 28.5 Å². The number of carbonyl (C=O) groups excluding carboxylic acids is 2. The summed E-state index contributed by atoms with van der Waals surface area (Å²) in [6.07, 6.45) is -0.967. The first kappa shape index (κ1) is 16.7. The summed E-state index contributed by atoms with van der Waals surface area (Å²) in [4.78, 5) is 24.2. The lowest BCUT2D eigenvalue weighted by molar-refractivity contribution is -0.152. The number of para-hydroxylation sites is 1. The van der Waals surface area contributed by atoms with Crippen LogP contribution in [0.25, 0.3) is 11.0 Å². The molecule has 1 amide bonds. The van der Waals surface area contributed by atoms with Gasteiger partial charge in [-0.05, 0) is 43.7 Å². The third-order valence-electron chi connectivity index (χ3n) is 3.73. The molecule has 25 heavy (non-hydrogen) atoms. The van der Waals surface area contributed by atoms with Gasteiger partial charge in [0, 0.05) is 11.1 Å². The number of benzene rings is 2. The summed E-state index contributed by atoms with van der Waals surface area (Å²) in [5.74, 6) is -0.921. The number of ether oxygens (including phenoxy) is 1. The minimum atomic E-state index is -0.911. The molecule has 6 heteroatoms. The normalized spacial score (nSPS) is 11.9. The number of aromatic nitrogens is 1. The summed E-state index contributed by atoms with van der Waals surface area (Å²) >= 11 is 0. The number of hydrogen-bond acceptors (Lipinski definition) is 5. The van der Waals surface area contributed by atoms with Gasteiger partial charge in [0.1, 0.15) is 5.69 Å². The molecule has 2 aromatic carbocycles. The van der Waals surface area contributed by atoms with Crippen molar-refractivity contribution in [3.63, 3.8) is 0 Å². The van der Waals surface area contributed by atoms with Gasteiger partial charge in [-0.15, -0.1) is 0 Å². The summed E-state index contributed by atoms with van der Waals surface area (Å²) in [5, 5.41) is 7.38. The Morgan fingerprint density at radius 1 is 1.20 bits per heavy atom. The van der Waals surface area contributed by atoms with Gasteiger partial charge in [0.05, 0.1) is 6.42 Å². The summed E-state index contributed by atoms with van der Waals surface area (Å²) in [5.41, 5.74) is 2.79. The molecule has 0 aliphatic heterocycles. The Kier molecular flexibility index (Phi) is 4.79. The first-order chi connectivity index (χ1) is 12.0. The van der Waals surface area contributed by atoms with Crippen LogP contribution in [0.1, 0.15) is 18.2 Å². The first-order valence-electron chi connectivity index (χ1n) is 7.93. The molecule has 3 rings (SSSR count). The van der Waals surface area contributed by atoms with E-state index in [2.05, 4.69) is 10.5 Å². The average Bonchev–Trinajstić information content (AvgIpc) is 2.98. The van der Waals surface area contributed by atoms with Crippen molar-refractivity contribution in [2.75, 3.05) is 5.32 Å². The molecule has 1 heterocycles. The highest BCUT2D eigenvalue weighted by atomic mass is 16.5. The molecule has 6 nitrogen and oxygen atoms in total. The lowest BCUT2D eigenvalue weighted by Gasteiger charge is -2.13. The number of aryl methyl sites for hydroxylation is 1. The van der Waals surface area contributed by atoms with Crippen molar-refractivity contribution in [1.29, 1.82) is 0 Å². The standard InChI is InChI=1S/C19H18N2O4/c1-12-6-5-7-14(10-12)20-19(23)13(2)24-18(22)11-16-15-8-3-4-9-17(15)25-21-16/h3-10,13H,11H2,1-2H3,(H,20,23)/t13-/m0/s1. The molecule has 0 unspecified atom stereocenters. The number of amides is 1. The van der Waals surface area contributed by atoms with E-state index in [1.165, 1.54) is 6.92 Å². The van der Waals surface area contributed by atoms with Gasteiger partial charge in [0.2, 0.25) is 0 Å². The zero-order chi connectivity index (χ0) is 17.8. The molecule has 1 atom stereocenters. The fourth-order valence-corrected chi connectivity index (χ4v) is 2.46. The van der Waals surface area contributed by atoms with Crippen LogP contribution < -0.4 is 5.32 Å². The van der Waals surface area contributed by atoms with Gasteiger partial charge >= 0.3 is 5.97 Å². The molecule has 1 aromatic heterocycles. The quantitative estimate of drug-likeness (QED) is 0.722. The number of fused-ring (bicyclic) bond motifs is 1. The molecule has 0 aliphatic carbocycles. The van der Waals surface area contributed by atoms with E-state index in [0.29, 0.717) is 17.0 Å². The van der Waals surface area contributed by atoms with Gasteiger partial charge in [0.15, 0.2) is 11.7 Å². The Morgan fingerprint density at radius 3 is 2.80 bits per heavy atom. The van der Waals surface area contributed by atoms with E-state index in [1.54, 1.807) is 12.1 Å². The Hall–Kier alpha value is -3.15. The number of esters is 1. The van der Waals surface area contributed by atoms with Gasteiger partial charge in [0.25, 0.3) is 5.91 Å². The molecule has 0 spiro atoms. The Balaban J connectivity index is 1.59. The number of hydrogen-bond donors (Lipinski definition) is 1.